The van der Waals surface area contributed by atoms with Gasteiger partial charge in [0.2, 0.25) is 0 Å². The van der Waals surface area contributed by atoms with Crippen LogP contribution in [0, 0.1) is 37.0 Å². The molecule has 5 fully saturated rings. The van der Waals surface area contributed by atoms with E-state index in [0.717, 1.165) is 42.2 Å². The first-order valence-corrected chi connectivity index (χ1v) is 12.6. The van der Waals surface area contributed by atoms with Crippen LogP contribution in [0.25, 0.3) is 0 Å². The average molecular weight is 392 g/mol. The van der Waals surface area contributed by atoms with Crippen molar-refractivity contribution in [2.75, 3.05) is 18.1 Å². The first-order valence-electron chi connectivity index (χ1n) is 10.8. The Kier molecular flexibility index (Phi) is 4.25. The van der Waals surface area contributed by atoms with Crippen LogP contribution in [0.2, 0.25) is 0 Å². The largest absolute Gasteiger partial charge is 0.312 e. The highest BCUT2D eigenvalue weighted by molar-refractivity contribution is 7.91. The van der Waals surface area contributed by atoms with Crippen molar-refractivity contribution in [1.29, 1.82) is 0 Å². The highest BCUT2D eigenvalue weighted by Crippen LogP contribution is 2.59. The van der Waals surface area contributed by atoms with E-state index in [9.17, 15) is 8.42 Å². The smallest absolute Gasteiger partial charge is 0.152 e. The number of rotatable bonds is 5. The van der Waals surface area contributed by atoms with Crippen LogP contribution < -0.4 is 5.32 Å². The summed E-state index contributed by atoms with van der Waals surface area (Å²) in [5.41, 5.74) is 4.01. The molecule has 6 rings (SSSR count). The van der Waals surface area contributed by atoms with E-state index in [1.165, 1.54) is 44.1 Å². The molecule has 0 spiro atoms. The van der Waals surface area contributed by atoms with E-state index in [1.54, 1.807) is 0 Å². The minimum atomic E-state index is -2.88. The van der Waals surface area contributed by atoms with E-state index in [0.29, 0.717) is 17.6 Å². The molecular weight excluding hydrogens is 358 g/mol. The summed E-state index contributed by atoms with van der Waals surface area (Å²) in [5, 5.41) is 8.50. The Bertz CT molecular complexity index is 807. The standard InChI is InChI=1S/C21H33N3O2S/c1-14-20(15(2)24(23-14)19-3-4-27(25,26)12-19)11-22-13-21-8-16-5-17(9-21)7-18(6-16)10-21/h16-19,22H,3-13H2,1-2H3/t16?,17?,18?,19-,21?/m1/s1. The molecule has 0 aromatic carbocycles. The summed E-state index contributed by atoms with van der Waals surface area (Å²) in [6.07, 6.45) is 9.48. The van der Waals surface area contributed by atoms with Gasteiger partial charge in [-0.3, -0.25) is 4.68 Å². The zero-order chi connectivity index (χ0) is 18.8. The average Bonchev–Trinajstić information content (AvgIpc) is 3.06. The molecule has 5 nitrogen and oxygen atoms in total. The highest BCUT2D eigenvalue weighted by atomic mass is 32.2. The molecule has 1 atom stereocenters. The number of hydrogen-bond acceptors (Lipinski definition) is 4. The minimum Gasteiger partial charge on any atom is -0.312 e. The van der Waals surface area contributed by atoms with Crippen LogP contribution in [0.5, 0.6) is 0 Å². The Labute approximate surface area is 163 Å². The molecule has 150 valence electrons. The number of sulfone groups is 1. The Balaban J connectivity index is 1.26. The van der Waals surface area contributed by atoms with Gasteiger partial charge in [0.05, 0.1) is 23.2 Å². The molecule has 1 aromatic heterocycles. The van der Waals surface area contributed by atoms with Gasteiger partial charge in [0, 0.05) is 24.3 Å². The lowest BCUT2D eigenvalue weighted by atomic mass is 9.49. The number of aryl methyl sites for hydroxylation is 1. The van der Waals surface area contributed by atoms with Crippen LogP contribution in [0.4, 0.5) is 0 Å². The summed E-state index contributed by atoms with van der Waals surface area (Å²) in [5.74, 6) is 3.53. The summed E-state index contributed by atoms with van der Waals surface area (Å²) in [6.45, 7) is 6.17. The van der Waals surface area contributed by atoms with E-state index in [-0.39, 0.29) is 11.8 Å². The Morgan fingerprint density at radius 3 is 2.30 bits per heavy atom. The first kappa shape index (κ1) is 18.2. The molecule has 1 aromatic rings. The molecule has 1 N–H and O–H groups in total. The summed E-state index contributed by atoms with van der Waals surface area (Å²) in [7, 11) is -2.88. The molecule has 4 saturated carbocycles. The number of aromatic nitrogens is 2. The van der Waals surface area contributed by atoms with Crippen molar-refractivity contribution < 1.29 is 8.42 Å². The molecule has 0 unspecified atom stereocenters. The molecule has 6 heteroatoms. The van der Waals surface area contributed by atoms with E-state index in [2.05, 4.69) is 19.2 Å². The molecule has 0 amide bonds. The van der Waals surface area contributed by atoms with Gasteiger partial charge in [-0.15, -0.1) is 0 Å². The van der Waals surface area contributed by atoms with E-state index in [1.807, 2.05) is 4.68 Å². The van der Waals surface area contributed by atoms with E-state index < -0.39 is 9.84 Å². The normalized spacial score (nSPS) is 39.3. The zero-order valence-corrected chi connectivity index (χ0v) is 17.5. The molecule has 2 heterocycles. The second-order valence-electron chi connectivity index (χ2n) is 10.2. The molecule has 27 heavy (non-hydrogen) atoms. The number of nitrogens with zero attached hydrogens (tertiary/aromatic N) is 2. The molecule has 0 radical (unpaired) electrons. The van der Waals surface area contributed by atoms with Gasteiger partial charge >= 0.3 is 0 Å². The van der Waals surface area contributed by atoms with Crippen molar-refractivity contribution in [2.24, 2.45) is 23.2 Å². The maximum atomic E-state index is 11.8. The summed E-state index contributed by atoms with van der Waals surface area (Å²) >= 11 is 0. The van der Waals surface area contributed by atoms with Crippen molar-refractivity contribution in [1.82, 2.24) is 15.1 Å². The van der Waals surface area contributed by atoms with Gasteiger partial charge in [-0.05, 0) is 82.0 Å². The van der Waals surface area contributed by atoms with Gasteiger partial charge in [-0.1, -0.05) is 0 Å². The van der Waals surface area contributed by atoms with Gasteiger partial charge in [0.15, 0.2) is 9.84 Å². The van der Waals surface area contributed by atoms with Gasteiger partial charge < -0.3 is 5.32 Å². The Hall–Kier alpha value is -0.880. The molecule has 5 aliphatic rings. The zero-order valence-electron chi connectivity index (χ0n) is 16.7. The molecule has 4 bridgehead atoms. The Morgan fingerprint density at radius 2 is 1.74 bits per heavy atom. The second-order valence-corrected chi connectivity index (χ2v) is 12.4. The van der Waals surface area contributed by atoms with E-state index >= 15 is 0 Å². The van der Waals surface area contributed by atoms with Crippen LogP contribution >= 0.6 is 0 Å². The summed E-state index contributed by atoms with van der Waals surface area (Å²) in [6, 6.07) is 0.0191. The lowest BCUT2D eigenvalue weighted by molar-refractivity contribution is -0.0514. The maximum absolute atomic E-state index is 11.8. The monoisotopic (exact) mass is 391 g/mol. The summed E-state index contributed by atoms with van der Waals surface area (Å²) < 4.78 is 25.7. The Morgan fingerprint density at radius 1 is 1.11 bits per heavy atom. The van der Waals surface area contributed by atoms with Crippen molar-refractivity contribution >= 4 is 9.84 Å². The van der Waals surface area contributed by atoms with Crippen molar-refractivity contribution in [3.63, 3.8) is 0 Å². The third-order valence-corrected chi connectivity index (χ3v) is 9.75. The lowest BCUT2D eigenvalue weighted by Crippen LogP contribution is -2.50. The first-order chi connectivity index (χ1) is 12.8. The molecule has 1 saturated heterocycles. The van der Waals surface area contributed by atoms with Gasteiger partial charge in [0.25, 0.3) is 0 Å². The fourth-order valence-corrected chi connectivity index (χ4v) is 8.93. The van der Waals surface area contributed by atoms with Crippen LogP contribution in [-0.4, -0.2) is 36.2 Å². The fraction of sp³-hybridized carbons (Fsp3) is 0.857. The third-order valence-electron chi connectivity index (χ3n) is 8.00. The van der Waals surface area contributed by atoms with Crippen LogP contribution in [-0.2, 0) is 16.4 Å². The fourth-order valence-electron chi connectivity index (χ4n) is 7.24. The van der Waals surface area contributed by atoms with Crippen molar-refractivity contribution in [2.45, 2.75) is 71.4 Å². The number of hydrogen-bond donors (Lipinski definition) is 1. The van der Waals surface area contributed by atoms with Crippen LogP contribution in [0.3, 0.4) is 0 Å². The van der Waals surface area contributed by atoms with Crippen molar-refractivity contribution in [3.05, 3.63) is 17.0 Å². The highest BCUT2D eigenvalue weighted by Gasteiger charge is 2.50. The maximum Gasteiger partial charge on any atom is 0.152 e. The van der Waals surface area contributed by atoms with Crippen molar-refractivity contribution in [3.8, 4) is 0 Å². The predicted octanol–water partition coefficient (Wildman–Crippen LogP) is 3.17. The summed E-state index contributed by atoms with van der Waals surface area (Å²) in [4.78, 5) is 0. The second kappa shape index (κ2) is 6.31. The quantitative estimate of drug-likeness (QED) is 0.837. The van der Waals surface area contributed by atoms with Gasteiger partial charge in [-0.25, -0.2) is 8.42 Å². The molecule has 4 aliphatic carbocycles. The number of nitrogens with one attached hydrogen (secondary N) is 1. The third kappa shape index (κ3) is 3.27. The van der Waals surface area contributed by atoms with Crippen LogP contribution in [0.1, 0.15) is 67.9 Å². The minimum absolute atomic E-state index is 0.0191. The topological polar surface area (TPSA) is 64.0 Å². The molecular formula is C21H33N3O2S. The predicted molar refractivity (Wildman–Crippen MR) is 106 cm³/mol. The van der Waals surface area contributed by atoms with Crippen LogP contribution in [0.15, 0.2) is 0 Å². The SMILES string of the molecule is Cc1nn([C@@H]2CCS(=O)(=O)C2)c(C)c1CNCC12CC3CC(CC(C3)C1)C2. The lowest BCUT2D eigenvalue weighted by Gasteiger charge is -2.57. The molecule has 1 aliphatic heterocycles. The van der Waals surface area contributed by atoms with E-state index in [4.69, 9.17) is 5.10 Å². The van der Waals surface area contributed by atoms with Gasteiger partial charge in [-0.2, -0.15) is 5.10 Å². The van der Waals surface area contributed by atoms with Gasteiger partial charge in [0.1, 0.15) is 0 Å².